The molecule has 1 aromatic heterocycles. The van der Waals surface area contributed by atoms with E-state index >= 15 is 0 Å². The molecule has 0 unspecified atom stereocenters. The summed E-state index contributed by atoms with van der Waals surface area (Å²) in [6.45, 7) is 1.94. The quantitative estimate of drug-likeness (QED) is 0.717. The predicted octanol–water partition coefficient (Wildman–Crippen LogP) is 4.13. The van der Waals surface area contributed by atoms with E-state index in [1.165, 1.54) is 22.8 Å². The first-order valence-corrected chi connectivity index (χ1v) is 10.2. The van der Waals surface area contributed by atoms with Crippen molar-refractivity contribution < 1.29 is 13.2 Å². The van der Waals surface area contributed by atoms with Crippen molar-refractivity contribution in [2.45, 2.75) is 11.8 Å². The zero-order chi connectivity index (χ0) is 18.7. The zero-order valence-electron chi connectivity index (χ0n) is 14.3. The van der Waals surface area contributed by atoms with Gasteiger partial charge in [-0.15, -0.1) is 11.3 Å². The SMILES string of the molecule is Cc1cccc(NC(=O)c2cc(S(=O)(=O)N(C)c3ccccc3)cs2)c1. The van der Waals surface area contributed by atoms with Crippen molar-refractivity contribution in [1.29, 1.82) is 0 Å². The molecule has 0 aliphatic heterocycles. The van der Waals surface area contributed by atoms with Gasteiger partial charge in [-0.05, 0) is 42.8 Å². The molecule has 0 saturated carbocycles. The molecule has 26 heavy (non-hydrogen) atoms. The summed E-state index contributed by atoms with van der Waals surface area (Å²) >= 11 is 1.10. The van der Waals surface area contributed by atoms with Crippen LogP contribution in [0.15, 0.2) is 70.9 Å². The summed E-state index contributed by atoms with van der Waals surface area (Å²) in [6, 6.07) is 17.6. The zero-order valence-corrected chi connectivity index (χ0v) is 16.0. The van der Waals surface area contributed by atoms with Crippen LogP contribution in [0.25, 0.3) is 0 Å². The fourth-order valence-corrected chi connectivity index (χ4v) is 4.78. The van der Waals surface area contributed by atoms with E-state index in [1.807, 2.05) is 31.2 Å². The van der Waals surface area contributed by atoms with Gasteiger partial charge in [-0.1, -0.05) is 30.3 Å². The van der Waals surface area contributed by atoms with E-state index in [-0.39, 0.29) is 10.8 Å². The van der Waals surface area contributed by atoms with Crippen LogP contribution in [0.1, 0.15) is 15.2 Å². The Morgan fingerprint density at radius 2 is 1.77 bits per heavy atom. The van der Waals surface area contributed by atoms with Crippen LogP contribution in [0.3, 0.4) is 0 Å². The van der Waals surface area contributed by atoms with Gasteiger partial charge in [-0.25, -0.2) is 8.42 Å². The monoisotopic (exact) mass is 386 g/mol. The third kappa shape index (κ3) is 3.79. The number of carbonyl (C=O) groups is 1. The van der Waals surface area contributed by atoms with Crippen LogP contribution in [-0.2, 0) is 10.0 Å². The van der Waals surface area contributed by atoms with Gasteiger partial charge < -0.3 is 5.32 Å². The normalized spacial score (nSPS) is 11.2. The maximum atomic E-state index is 12.8. The number of hydrogen-bond donors (Lipinski definition) is 1. The average Bonchev–Trinajstić information content (AvgIpc) is 3.13. The van der Waals surface area contributed by atoms with Gasteiger partial charge in [0.05, 0.1) is 15.5 Å². The van der Waals surface area contributed by atoms with Gasteiger partial charge in [0.25, 0.3) is 15.9 Å². The number of benzene rings is 2. The first-order valence-electron chi connectivity index (χ1n) is 7.88. The van der Waals surface area contributed by atoms with E-state index in [2.05, 4.69) is 5.32 Å². The molecule has 1 amide bonds. The minimum Gasteiger partial charge on any atom is -0.321 e. The summed E-state index contributed by atoms with van der Waals surface area (Å²) in [6.07, 6.45) is 0. The fourth-order valence-electron chi connectivity index (χ4n) is 2.42. The first-order chi connectivity index (χ1) is 12.4. The number of amides is 1. The molecule has 7 heteroatoms. The summed E-state index contributed by atoms with van der Waals surface area (Å²) < 4.78 is 26.8. The van der Waals surface area contributed by atoms with Crippen LogP contribution in [0, 0.1) is 6.92 Å². The molecule has 0 bridgehead atoms. The van der Waals surface area contributed by atoms with Crippen molar-refractivity contribution in [3.63, 3.8) is 0 Å². The highest BCUT2D eigenvalue weighted by Gasteiger charge is 2.24. The summed E-state index contributed by atoms with van der Waals surface area (Å²) in [7, 11) is -2.23. The molecular weight excluding hydrogens is 368 g/mol. The Kier molecular flexibility index (Phi) is 5.11. The number of aryl methyl sites for hydroxylation is 1. The van der Waals surface area contributed by atoms with Crippen LogP contribution in [-0.4, -0.2) is 21.4 Å². The average molecular weight is 386 g/mol. The Hall–Kier alpha value is -2.64. The minimum atomic E-state index is -3.72. The lowest BCUT2D eigenvalue weighted by Crippen LogP contribution is -2.26. The van der Waals surface area contributed by atoms with E-state index in [0.717, 1.165) is 16.9 Å². The number of thiophene rings is 1. The number of para-hydroxylation sites is 1. The highest BCUT2D eigenvalue weighted by atomic mass is 32.2. The Morgan fingerprint density at radius 1 is 1.04 bits per heavy atom. The molecule has 5 nitrogen and oxygen atoms in total. The van der Waals surface area contributed by atoms with E-state index < -0.39 is 10.0 Å². The third-order valence-electron chi connectivity index (χ3n) is 3.85. The molecule has 134 valence electrons. The van der Waals surface area contributed by atoms with Crippen LogP contribution in [0.5, 0.6) is 0 Å². The number of carbonyl (C=O) groups excluding carboxylic acids is 1. The molecule has 3 rings (SSSR count). The van der Waals surface area contributed by atoms with Gasteiger partial charge in [0.15, 0.2) is 0 Å². The maximum absolute atomic E-state index is 12.8. The molecule has 0 saturated heterocycles. The Balaban J connectivity index is 1.81. The predicted molar refractivity (Wildman–Crippen MR) is 105 cm³/mol. The number of sulfonamides is 1. The molecule has 0 aliphatic rings. The lowest BCUT2D eigenvalue weighted by atomic mass is 10.2. The van der Waals surface area contributed by atoms with Crippen molar-refractivity contribution in [1.82, 2.24) is 0 Å². The van der Waals surface area contributed by atoms with Crippen LogP contribution < -0.4 is 9.62 Å². The summed E-state index contributed by atoms with van der Waals surface area (Å²) in [5.41, 5.74) is 2.26. The molecule has 1 N–H and O–H groups in total. The van der Waals surface area contributed by atoms with Crippen molar-refractivity contribution >= 4 is 38.6 Å². The molecule has 0 radical (unpaired) electrons. The van der Waals surface area contributed by atoms with Crippen LogP contribution in [0.4, 0.5) is 11.4 Å². The number of rotatable bonds is 5. The minimum absolute atomic E-state index is 0.100. The number of hydrogen-bond acceptors (Lipinski definition) is 4. The molecule has 3 aromatic rings. The lowest BCUT2D eigenvalue weighted by Gasteiger charge is -2.18. The van der Waals surface area contributed by atoms with E-state index in [4.69, 9.17) is 0 Å². The van der Waals surface area contributed by atoms with Crippen molar-refractivity contribution in [2.24, 2.45) is 0 Å². The fraction of sp³-hybridized carbons (Fsp3) is 0.105. The van der Waals surface area contributed by atoms with E-state index in [1.54, 1.807) is 30.3 Å². The lowest BCUT2D eigenvalue weighted by molar-refractivity contribution is 0.103. The molecule has 1 heterocycles. The second kappa shape index (κ2) is 7.31. The van der Waals surface area contributed by atoms with Crippen molar-refractivity contribution in [2.75, 3.05) is 16.7 Å². The number of anilines is 2. The molecule has 0 aliphatic carbocycles. The summed E-state index contributed by atoms with van der Waals surface area (Å²) in [4.78, 5) is 12.8. The molecular formula is C19H18N2O3S2. The van der Waals surface area contributed by atoms with Gasteiger partial charge in [-0.2, -0.15) is 0 Å². The Morgan fingerprint density at radius 3 is 2.46 bits per heavy atom. The van der Waals surface area contributed by atoms with Gasteiger partial charge in [0, 0.05) is 18.1 Å². The van der Waals surface area contributed by atoms with E-state index in [9.17, 15) is 13.2 Å². The van der Waals surface area contributed by atoms with Gasteiger partial charge in [0.1, 0.15) is 0 Å². The molecule has 0 fully saturated rings. The number of nitrogens with zero attached hydrogens (tertiary/aromatic N) is 1. The standard InChI is InChI=1S/C19H18N2O3S2/c1-14-7-6-8-15(11-14)20-19(22)18-12-17(13-25-18)26(23,24)21(2)16-9-4-3-5-10-16/h3-13H,1-2H3,(H,20,22). The second-order valence-corrected chi connectivity index (χ2v) is 8.66. The van der Waals surface area contributed by atoms with Crippen molar-refractivity contribution in [3.8, 4) is 0 Å². The summed E-state index contributed by atoms with van der Waals surface area (Å²) in [5, 5.41) is 4.27. The largest absolute Gasteiger partial charge is 0.321 e. The third-order valence-corrected chi connectivity index (χ3v) is 6.69. The van der Waals surface area contributed by atoms with Crippen molar-refractivity contribution in [3.05, 3.63) is 76.5 Å². The van der Waals surface area contributed by atoms with Crippen LogP contribution in [0.2, 0.25) is 0 Å². The topological polar surface area (TPSA) is 66.5 Å². The smallest absolute Gasteiger partial charge is 0.265 e. The first kappa shape index (κ1) is 18.2. The van der Waals surface area contributed by atoms with Gasteiger partial charge in [-0.3, -0.25) is 9.10 Å². The summed E-state index contributed by atoms with van der Waals surface area (Å²) in [5.74, 6) is -0.329. The molecule has 0 atom stereocenters. The highest BCUT2D eigenvalue weighted by Crippen LogP contribution is 2.26. The number of nitrogens with one attached hydrogen (secondary N) is 1. The van der Waals surface area contributed by atoms with Gasteiger partial charge >= 0.3 is 0 Å². The second-order valence-electron chi connectivity index (χ2n) is 5.78. The highest BCUT2D eigenvalue weighted by molar-refractivity contribution is 7.93. The van der Waals surface area contributed by atoms with E-state index in [0.29, 0.717) is 16.3 Å². The molecule has 2 aromatic carbocycles. The Labute approximate surface area is 157 Å². The van der Waals surface area contributed by atoms with Crippen LogP contribution >= 0.6 is 11.3 Å². The Bertz CT molecular complexity index is 1030. The van der Waals surface area contributed by atoms with Gasteiger partial charge in [0.2, 0.25) is 0 Å². The maximum Gasteiger partial charge on any atom is 0.265 e. The molecule has 0 spiro atoms.